The van der Waals surface area contributed by atoms with Crippen molar-refractivity contribution >= 4 is 8.60 Å². The molecule has 6 nitrogen and oxygen atoms in total. The van der Waals surface area contributed by atoms with E-state index in [1.807, 2.05) is 0 Å². The molecule has 0 spiro atoms. The van der Waals surface area contributed by atoms with E-state index in [0.29, 0.717) is 6.42 Å². The summed E-state index contributed by atoms with van der Waals surface area (Å²) in [5.74, 6) is -2.88. The topological polar surface area (TPSA) is 110 Å². The number of hydrogen-bond donors (Lipinski definition) is 5. The lowest BCUT2D eigenvalue weighted by atomic mass is 10.2. The quantitative estimate of drug-likeness (QED) is 0.288. The van der Waals surface area contributed by atoms with Gasteiger partial charge in [0.05, 0.1) is 0 Å². The van der Waals surface area contributed by atoms with Gasteiger partial charge in [0.2, 0.25) is 0 Å². The van der Waals surface area contributed by atoms with Gasteiger partial charge in [-0.15, -0.1) is 0 Å². The molecule has 0 saturated carbocycles. The first-order valence-electron chi connectivity index (χ1n) is 3.40. The fourth-order valence-electron chi connectivity index (χ4n) is 0.642. The molecule has 0 aromatic rings. The molecule has 5 N–H and O–H groups in total. The van der Waals surface area contributed by atoms with E-state index >= 15 is 0 Å². The Kier molecular flexibility index (Phi) is 5.12. The van der Waals surface area contributed by atoms with E-state index in [4.69, 9.17) is 25.1 Å². The molecule has 1 unspecified atom stereocenters. The van der Waals surface area contributed by atoms with Crippen LogP contribution in [0.5, 0.6) is 0 Å². The van der Waals surface area contributed by atoms with E-state index in [-0.39, 0.29) is 6.42 Å². The van der Waals surface area contributed by atoms with Crippen LogP contribution in [-0.2, 0) is 4.52 Å². The Balaban J connectivity index is 3.99. The smallest absolute Gasteiger partial charge is 0.331 e. The Morgan fingerprint density at radius 2 is 1.92 bits per heavy atom. The first-order chi connectivity index (χ1) is 5.40. The maximum atomic E-state index is 8.99. The molecule has 0 amide bonds. The molecule has 0 saturated heterocycles. The van der Waals surface area contributed by atoms with E-state index in [1.165, 1.54) is 0 Å². The van der Waals surface area contributed by atoms with Crippen LogP contribution in [0.2, 0.25) is 0 Å². The summed E-state index contributed by atoms with van der Waals surface area (Å²) in [4.78, 5) is 16.5. The predicted octanol–water partition coefficient (Wildman–Crippen LogP) is -0.986. The van der Waals surface area contributed by atoms with E-state index in [0.717, 1.165) is 0 Å². The zero-order valence-electron chi connectivity index (χ0n) is 6.58. The van der Waals surface area contributed by atoms with Crippen LogP contribution >= 0.6 is 8.60 Å². The zero-order chi connectivity index (χ0) is 9.78. The highest BCUT2D eigenvalue weighted by Gasteiger charge is 2.36. The van der Waals surface area contributed by atoms with Crippen molar-refractivity contribution in [3.8, 4) is 0 Å². The van der Waals surface area contributed by atoms with Crippen LogP contribution in [0.4, 0.5) is 0 Å². The van der Waals surface area contributed by atoms with Crippen molar-refractivity contribution < 1.29 is 29.6 Å². The highest BCUT2D eigenvalue weighted by Crippen LogP contribution is 2.32. The van der Waals surface area contributed by atoms with Crippen molar-refractivity contribution in [2.45, 2.75) is 31.8 Å². The van der Waals surface area contributed by atoms with Crippen molar-refractivity contribution in [3.63, 3.8) is 0 Å². The van der Waals surface area contributed by atoms with Gasteiger partial charge in [-0.2, -0.15) is 0 Å². The summed E-state index contributed by atoms with van der Waals surface area (Å²) in [5.41, 5.74) is 0. The maximum Gasteiger partial charge on any atom is 0.331 e. The van der Waals surface area contributed by atoms with Crippen LogP contribution in [0.15, 0.2) is 0 Å². The first kappa shape index (κ1) is 12.2. The van der Waals surface area contributed by atoms with Gasteiger partial charge in [0.1, 0.15) is 6.10 Å². The summed E-state index contributed by atoms with van der Waals surface area (Å²) in [5, 5.41) is 26.7. The number of aliphatic hydroxyl groups is 3. The number of rotatable bonds is 5. The molecule has 0 radical (unpaired) electrons. The zero-order valence-corrected chi connectivity index (χ0v) is 7.48. The molecule has 0 rings (SSSR count). The Bertz CT molecular complexity index is 127. The molecular weight excluding hydrogens is 187 g/mol. The van der Waals surface area contributed by atoms with Gasteiger partial charge in [-0.25, -0.2) is 0 Å². The minimum Gasteiger partial charge on any atom is -0.385 e. The van der Waals surface area contributed by atoms with Gasteiger partial charge >= 0.3 is 14.6 Å². The van der Waals surface area contributed by atoms with Gasteiger partial charge in [0.15, 0.2) is 0 Å². The predicted molar refractivity (Wildman–Crippen MR) is 40.5 cm³/mol. The summed E-state index contributed by atoms with van der Waals surface area (Å²) >= 11 is 0. The van der Waals surface area contributed by atoms with Crippen LogP contribution < -0.4 is 0 Å². The van der Waals surface area contributed by atoms with Gasteiger partial charge in [-0.1, -0.05) is 13.3 Å². The number of hydrogen-bond acceptors (Lipinski definition) is 6. The van der Waals surface area contributed by atoms with Crippen molar-refractivity contribution in [1.29, 1.82) is 0 Å². The molecule has 0 aromatic heterocycles. The lowest BCUT2D eigenvalue weighted by molar-refractivity contribution is -0.340. The Hall–Kier alpha value is 0.190. The molecule has 0 fully saturated rings. The first-order valence-corrected chi connectivity index (χ1v) is 4.56. The standard InChI is InChI=1S/C5H13O6P/c1-2-3-4(6)5(7,8)11-12(9)10/h4,6-10H,2-3H2,1H3. The molecule has 0 heterocycles. The lowest BCUT2D eigenvalue weighted by Gasteiger charge is -2.26. The molecule has 0 aliphatic rings. The number of aliphatic hydroxyl groups excluding tert-OH is 1. The highest BCUT2D eigenvalue weighted by atomic mass is 31.2. The van der Waals surface area contributed by atoms with Gasteiger partial charge in [-0.3, -0.25) is 4.52 Å². The molecule has 0 bridgehead atoms. The molecule has 7 heteroatoms. The van der Waals surface area contributed by atoms with Crippen LogP contribution in [0.25, 0.3) is 0 Å². The lowest BCUT2D eigenvalue weighted by Crippen LogP contribution is -2.43. The summed E-state index contributed by atoms with van der Waals surface area (Å²) in [6.45, 7) is 1.72. The van der Waals surface area contributed by atoms with Crippen molar-refractivity contribution in [2.75, 3.05) is 0 Å². The fourth-order valence-corrected chi connectivity index (χ4v) is 1.00. The van der Waals surface area contributed by atoms with Gasteiger partial charge in [0, 0.05) is 0 Å². The monoisotopic (exact) mass is 200 g/mol. The second kappa shape index (κ2) is 5.04. The molecule has 0 aliphatic carbocycles. The average molecular weight is 200 g/mol. The highest BCUT2D eigenvalue weighted by molar-refractivity contribution is 7.39. The molecule has 74 valence electrons. The second-order valence-electron chi connectivity index (χ2n) is 2.31. The van der Waals surface area contributed by atoms with Gasteiger partial charge < -0.3 is 25.1 Å². The Morgan fingerprint density at radius 3 is 2.25 bits per heavy atom. The van der Waals surface area contributed by atoms with Crippen LogP contribution in [0.3, 0.4) is 0 Å². The van der Waals surface area contributed by atoms with Crippen molar-refractivity contribution in [3.05, 3.63) is 0 Å². The molecular formula is C5H13O6P. The van der Waals surface area contributed by atoms with Crippen LogP contribution in [-0.4, -0.2) is 37.2 Å². The molecule has 12 heavy (non-hydrogen) atoms. The van der Waals surface area contributed by atoms with Crippen molar-refractivity contribution in [2.24, 2.45) is 0 Å². The summed E-state index contributed by atoms with van der Waals surface area (Å²) in [6, 6.07) is 0. The summed E-state index contributed by atoms with van der Waals surface area (Å²) < 4.78 is 3.89. The van der Waals surface area contributed by atoms with E-state index in [1.54, 1.807) is 6.92 Å². The van der Waals surface area contributed by atoms with E-state index < -0.39 is 20.7 Å². The van der Waals surface area contributed by atoms with Gasteiger partial charge in [-0.05, 0) is 6.42 Å². The fraction of sp³-hybridized carbons (Fsp3) is 1.00. The van der Waals surface area contributed by atoms with Crippen LogP contribution in [0.1, 0.15) is 19.8 Å². The van der Waals surface area contributed by atoms with E-state index in [2.05, 4.69) is 4.52 Å². The third-order valence-corrected chi connectivity index (χ3v) is 1.64. The van der Waals surface area contributed by atoms with E-state index in [9.17, 15) is 0 Å². The molecule has 0 aromatic carbocycles. The molecule has 1 atom stereocenters. The second-order valence-corrected chi connectivity index (χ2v) is 3.00. The third kappa shape index (κ3) is 4.27. The summed E-state index contributed by atoms with van der Waals surface area (Å²) in [7, 11) is -2.89. The normalized spacial score (nSPS) is 15.2. The van der Waals surface area contributed by atoms with Crippen molar-refractivity contribution in [1.82, 2.24) is 0 Å². The third-order valence-electron chi connectivity index (χ3n) is 1.21. The molecule has 0 aliphatic heterocycles. The van der Waals surface area contributed by atoms with Gasteiger partial charge in [0.25, 0.3) is 0 Å². The minimum absolute atomic E-state index is 0.0934. The van der Waals surface area contributed by atoms with Crippen LogP contribution in [0, 0.1) is 0 Å². The average Bonchev–Trinajstić information content (AvgIpc) is 1.85. The summed E-state index contributed by atoms with van der Waals surface area (Å²) in [6.07, 6.45) is -0.940. The largest absolute Gasteiger partial charge is 0.385 e. The minimum atomic E-state index is -2.89. The Morgan fingerprint density at radius 1 is 1.42 bits per heavy atom. The Labute approximate surface area is 71.0 Å². The maximum absolute atomic E-state index is 8.99. The SMILES string of the molecule is CCCC(O)C(O)(O)OP(O)O.